The molecule has 0 amide bonds. The molecule has 1 aliphatic heterocycles. The van der Waals surface area contributed by atoms with E-state index in [1.807, 2.05) is 29.1 Å². The minimum Gasteiger partial charge on any atom is -0.356 e. The number of fused-ring (bicyclic) bond motifs is 1. The van der Waals surface area contributed by atoms with Crippen molar-refractivity contribution in [2.45, 2.75) is 46.5 Å². The first-order valence-corrected chi connectivity index (χ1v) is 11.3. The fraction of sp³-hybridized carbons (Fsp3) is 0.520. The highest BCUT2D eigenvalue weighted by Crippen LogP contribution is 2.70. The molecule has 3 aromatic rings. The van der Waals surface area contributed by atoms with E-state index in [2.05, 4.69) is 58.9 Å². The fourth-order valence-electron chi connectivity index (χ4n) is 4.70. The van der Waals surface area contributed by atoms with E-state index in [-0.39, 0.29) is 0 Å². The van der Waals surface area contributed by atoms with Gasteiger partial charge in [0, 0.05) is 24.5 Å². The van der Waals surface area contributed by atoms with Crippen molar-refractivity contribution in [3.05, 3.63) is 42.9 Å². The maximum absolute atomic E-state index is 8.33. The van der Waals surface area contributed by atoms with E-state index in [1.54, 1.807) is 6.33 Å². The van der Waals surface area contributed by atoms with Gasteiger partial charge in [0.15, 0.2) is 5.82 Å². The SMILES string of the molecule is CC(C)(C)C1CCN(c2cc(-n3ncc4ccccc43)ncn2)C1.N#CC1CC12CC2. The van der Waals surface area contributed by atoms with Gasteiger partial charge in [-0.05, 0) is 48.5 Å². The zero-order valence-electron chi connectivity index (χ0n) is 18.6. The topological polar surface area (TPSA) is 70.6 Å². The van der Waals surface area contributed by atoms with E-state index in [4.69, 9.17) is 5.26 Å². The smallest absolute Gasteiger partial charge is 0.159 e. The largest absolute Gasteiger partial charge is 0.356 e. The minimum atomic E-state index is 0.336. The molecule has 1 aromatic carbocycles. The van der Waals surface area contributed by atoms with Crippen molar-refractivity contribution < 1.29 is 0 Å². The number of rotatable bonds is 2. The average molecular weight is 415 g/mol. The number of nitriles is 1. The van der Waals surface area contributed by atoms with Crippen molar-refractivity contribution in [2.24, 2.45) is 22.7 Å². The molecule has 3 fully saturated rings. The summed E-state index contributed by atoms with van der Waals surface area (Å²) in [7, 11) is 0. The highest BCUT2D eigenvalue weighted by atomic mass is 15.3. The van der Waals surface area contributed by atoms with Gasteiger partial charge in [-0.15, -0.1) is 0 Å². The Labute approximate surface area is 183 Å². The van der Waals surface area contributed by atoms with Crippen LogP contribution in [0.15, 0.2) is 42.9 Å². The van der Waals surface area contributed by atoms with Crippen LogP contribution in [0, 0.1) is 34.0 Å². The molecule has 0 bridgehead atoms. The van der Waals surface area contributed by atoms with Crippen LogP contribution in [0.25, 0.3) is 16.7 Å². The summed E-state index contributed by atoms with van der Waals surface area (Å²) in [5.74, 6) is 2.97. The molecule has 2 unspecified atom stereocenters. The van der Waals surface area contributed by atoms with E-state index >= 15 is 0 Å². The van der Waals surface area contributed by atoms with Crippen molar-refractivity contribution in [1.82, 2.24) is 19.7 Å². The zero-order valence-corrected chi connectivity index (χ0v) is 18.6. The number of anilines is 1. The number of aromatic nitrogens is 4. The van der Waals surface area contributed by atoms with Crippen LogP contribution in [0.4, 0.5) is 5.82 Å². The Morgan fingerprint density at radius 2 is 1.90 bits per heavy atom. The second-order valence-corrected chi connectivity index (χ2v) is 10.4. The van der Waals surface area contributed by atoms with Crippen LogP contribution in [0.3, 0.4) is 0 Å². The number of hydrogen-bond acceptors (Lipinski definition) is 5. The van der Waals surface area contributed by atoms with Gasteiger partial charge >= 0.3 is 0 Å². The summed E-state index contributed by atoms with van der Waals surface area (Å²) in [4.78, 5) is 11.3. The van der Waals surface area contributed by atoms with E-state index in [9.17, 15) is 0 Å². The summed E-state index contributed by atoms with van der Waals surface area (Å²) in [6.45, 7) is 9.07. The molecule has 1 saturated heterocycles. The van der Waals surface area contributed by atoms with Crippen LogP contribution >= 0.6 is 0 Å². The Morgan fingerprint density at radius 1 is 1.13 bits per heavy atom. The predicted octanol–water partition coefficient (Wildman–Crippen LogP) is 5.00. The molecule has 0 radical (unpaired) electrons. The molecule has 3 heterocycles. The number of para-hydroxylation sites is 1. The van der Waals surface area contributed by atoms with Gasteiger partial charge in [0.25, 0.3) is 0 Å². The standard InChI is InChI=1S/C19H23N5.C6H7N/c1-19(2,3)15-8-9-23(12-15)17-10-18(21-13-20-17)24-16-7-5-4-6-14(16)11-22-24;7-4-5-3-6(5)1-2-6/h4-7,10-11,13,15H,8-9,12H2,1-3H3;5H,1-3H2. The molecule has 160 valence electrons. The molecule has 31 heavy (non-hydrogen) atoms. The maximum atomic E-state index is 8.33. The Hall–Kier alpha value is -2.94. The summed E-state index contributed by atoms with van der Waals surface area (Å²) in [5.41, 5.74) is 2.01. The third-order valence-electron chi connectivity index (χ3n) is 7.31. The van der Waals surface area contributed by atoms with Crippen molar-refractivity contribution in [1.29, 1.82) is 5.26 Å². The molecule has 1 spiro atoms. The molecule has 2 atom stereocenters. The zero-order chi connectivity index (χ0) is 21.6. The number of benzene rings is 1. The quantitative estimate of drug-likeness (QED) is 0.590. The first-order valence-electron chi connectivity index (χ1n) is 11.3. The first-order chi connectivity index (χ1) is 14.9. The minimum absolute atomic E-state index is 0.336. The predicted molar refractivity (Wildman–Crippen MR) is 122 cm³/mol. The molecule has 6 nitrogen and oxygen atoms in total. The Balaban J connectivity index is 0.000000244. The Morgan fingerprint density at radius 3 is 2.55 bits per heavy atom. The molecule has 2 saturated carbocycles. The lowest BCUT2D eigenvalue weighted by Gasteiger charge is -2.27. The summed E-state index contributed by atoms with van der Waals surface area (Å²) in [5, 5.41) is 13.9. The number of nitrogens with zero attached hydrogens (tertiary/aromatic N) is 6. The number of hydrogen-bond donors (Lipinski definition) is 0. The van der Waals surface area contributed by atoms with Crippen LogP contribution in [-0.4, -0.2) is 32.8 Å². The monoisotopic (exact) mass is 414 g/mol. The summed E-state index contributed by atoms with van der Waals surface area (Å²) in [6, 6.07) is 12.5. The van der Waals surface area contributed by atoms with Crippen molar-refractivity contribution >= 4 is 16.7 Å². The molecular formula is C25H30N6. The van der Waals surface area contributed by atoms with E-state index in [0.29, 0.717) is 22.7 Å². The highest BCUT2D eigenvalue weighted by molar-refractivity contribution is 5.79. The van der Waals surface area contributed by atoms with Crippen LogP contribution in [-0.2, 0) is 0 Å². The maximum Gasteiger partial charge on any atom is 0.159 e. The lowest BCUT2D eigenvalue weighted by atomic mass is 9.80. The Bertz CT molecular complexity index is 1130. The van der Waals surface area contributed by atoms with Gasteiger partial charge in [-0.3, -0.25) is 0 Å². The lowest BCUT2D eigenvalue weighted by molar-refractivity contribution is 0.263. The molecule has 0 N–H and O–H groups in total. The van der Waals surface area contributed by atoms with Crippen molar-refractivity contribution in [2.75, 3.05) is 18.0 Å². The Kier molecular flexibility index (Phi) is 4.73. The molecule has 6 heteroatoms. The molecule has 6 rings (SSSR count). The second-order valence-electron chi connectivity index (χ2n) is 10.4. The van der Waals surface area contributed by atoms with Crippen molar-refractivity contribution in [3.63, 3.8) is 0 Å². The van der Waals surface area contributed by atoms with E-state index in [1.165, 1.54) is 25.7 Å². The van der Waals surface area contributed by atoms with Gasteiger partial charge in [0.2, 0.25) is 0 Å². The normalized spacial score (nSPS) is 23.4. The van der Waals surface area contributed by atoms with Crippen LogP contribution in [0.5, 0.6) is 0 Å². The van der Waals surface area contributed by atoms with Gasteiger partial charge in [-0.25, -0.2) is 14.6 Å². The van der Waals surface area contributed by atoms with Gasteiger partial charge in [0.05, 0.1) is 23.7 Å². The van der Waals surface area contributed by atoms with Gasteiger partial charge in [-0.2, -0.15) is 10.4 Å². The second kappa shape index (κ2) is 7.33. The van der Waals surface area contributed by atoms with Crippen LogP contribution in [0.2, 0.25) is 0 Å². The average Bonchev–Trinajstić information content (AvgIpc) is 3.54. The molecule has 3 aliphatic rings. The first kappa shape index (κ1) is 20.0. The third-order valence-corrected chi connectivity index (χ3v) is 7.31. The lowest BCUT2D eigenvalue weighted by Crippen LogP contribution is -2.26. The molecule has 2 aliphatic carbocycles. The van der Waals surface area contributed by atoms with Gasteiger partial charge in [-0.1, -0.05) is 39.0 Å². The molecule has 2 aromatic heterocycles. The van der Waals surface area contributed by atoms with Gasteiger partial charge in [0.1, 0.15) is 12.1 Å². The molecular weight excluding hydrogens is 384 g/mol. The van der Waals surface area contributed by atoms with Gasteiger partial charge < -0.3 is 4.90 Å². The summed E-state index contributed by atoms with van der Waals surface area (Å²) < 4.78 is 1.89. The third kappa shape index (κ3) is 3.89. The van der Waals surface area contributed by atoms with Crippen LogP contribution in [0.1, 0.15) is 46.5 Å². The van der Waals surface area contributed by atoms with E-state index < -0.39 is 0 Å². The highest BCUT2D eigenvalue weighted by Gasteiger charge is 2.63. The van der Waals surface area contributed by atoms with Crippen LogP contribution < -0.4 is 4.90 Å². The summed E-state index contributed by atoms with van der Waals surface area (Å²) in [6.07, 6.45) is 8.63. The summed E-state index contributed by atoms with van der Waals surface area (Å²) >= 11 is 0. The van der Waals surface area contributed by atoms with E-state index in [0.717, 1.165) is 35.6 Å². The van der Waals surface area contributed by atoms with Crippen molar-refractivity contribution in [3.8, 4) is 11.9 Å². The fourth-order valence-corrected chi connectivity index (χ4v) is 4.70.